The first kappa shape index (κ1) is 15.7. The summed E-state index contributed by atoms with van der Waals surface area (Å²) in [5, 5.41) is 4.28. The molecule has 0 bridgehead atoms. The highest BCUT2D eigenvalue weighted by Crippen LogP contribution is 2.43. The van der Waals surface area contributed by atoms with Crippen molar-refractivity contribution in [3.8, 4) is 39.0 Å². The third-order valence-electron chi connectivity index (χ3n) is 3.83. The molecule has 0 fully saturated rings. The number of hydrogen-bond donors (Lipinski definition) is 0. The summed E-state index contributed by atoms with van der Waals surface area (Å²) in [5.74, 6) is 0. The summed E-state index contributed by atoms with van der Waals surface area (Å²) in [7, 11) is 0. The molecular weight excluding hydrogens is 401 g/mol. The van der Waals surface area contributed by atoms with Crippen molar-refractivity contribution < 1.29 is 0 Å². The topological polar surface area (TPSA) is 0 Å². The maximum Gasteiger partial charge on any atom is 0.0449 e. The van der Waals surface area contributed by atoms with Crippen LogP contribution in [0.5, 0.6) is 0 Å². The lowest BCUT2D eigenvalue weighted by atomic mass is 10.3. The smallest absolute Gasteiger partial charge is 0.0449 e. The first-order chi connectivity index (χ1) is 12.4. The maximum atomic E-state index is 2.26. The van der Waals surface area contributed by atoms with Crippen LogP contribution in [-0.2, 0) is 0 Å². The molecule has 25 heavy (non-hydrogen) atoms. The van der Waals surface area contributed by atoms with Gasteiger partial charge >= 0.3 is 0 Å². The third-order valence-corrected chi connectivity index (χ3v) is 9.61. The minimum Gasteiger partial charge on any atom is -0.143 e. The number of thiophene rings is 5. The molecule has 5 heterocycles. The Labute approximate surface area is 166 Å². The van der Waals surface area contributed by atoms with E-state index < -0.39 is 0 Å². The molecule has 5 rings (SSSR count). The molecule has 0 aromatic carbocycles. The molecule has 0 amide bonds. The Morgan fingerprint density at radius 2 is 0.680 bits per heavy atom. The summed E-state index contributed by atoms with van der Waals surface area (Å²) in [6, 6.07) is 22.1. The van der Waals surface area contributed by atoms with Crippen molar-refractivity contribution in [2.45, 2.75) is 0 Å². The quantitative estimate of drug-likeness (QED) is 0.277. The van der Waals surface area contributed by atoms with E-state index in [1.54, 1.807) is 22.7 Å². The molecular formula is C20H12S5. The molecule has 0 N–H and O–H groups in total. The zero-order valence-electron chi connectivity index (χ0n) is 13.0. The first-order valence-electron chi connectivity index (χ1n) is 7.75. The van der Waals surface area contributed by atoms with Crippen molar-refractivity contribution in [1.29, 1.82) is 0 Å². The number of rotatable bonds is 4. The first-order valence-corrected chi connectivity index (χ1v) is 12.0. The zero-order valence-corrected chi connectivity index (χ0v) is 17.1. The Hall–Kier alpha value is -1.50. The van der Waals surface area contributed by atoms with E-state index in [2.05, 4.69) is 71.4 Å². The Morgan fingerprint density at radius 1 is 0.360 bits per heavy atom. The van der Waals surface area contributed by atoms with Gasteiger partial charge in [-0.3, -0.25) is 0 Å². The van der Waals surface area contributed by atoms with Gasteiger partial charge in [0.2, 0.25) is 0 Å². The van der Waals surface area contributed by atoms with Crippen LogP contribution in [0.3, 0.4) is 0 Å². The van der Waals surface area contributed by atoms with Crippen LogP contribution in [0, 0.1) is 0 Å². The highest BCUT2D eigenvalue weighted by Gasteiger charge is 2.11. The molecule has 0 aliphatic heterocycles. The van der Waals surface area contributed by atoms with Crippen LogP contribution in [0.15, 0.2) is 71.4 Å². The van der Waals surface area contributed by atoms with Gasteiger partial charge in [-0.15, -0.1) is 56.7 Å². The lowest BCUT2D eigenvalue weighted by Gasteiger charge is -1.92. The molecule has 0 atom stereocenters. The highest BCUT2D eigenvalue weighted by molar-refractivity contribution is 7.29. The van der Waals surface area contributed by atoms with E-state index in [4.69, 9.17) is 0 Å². The molecule has 0 unspecified atom stereocenters. The van der Waals surface area contributed by atoms with Gasteiger partial charge in [-0.25, -0.2) is 0 Å². The van der Waals surface area contributed by atoms with Gasteiger partial charge in [0.05, 0.1) is 0 Å². The molecule has 0 saturated heterocycles. The minimum atomic E-state index is 1.35. The fourth-order valence-electron chi connectivity index (χ4n) is 2.65. The van der Waals surface area contributed by atoms with Crippen LogP contribution in [-0.4, -0.2) is 0 Å². The molecule has 0 spiro atoms. The standard InChI is InChI=1S/C20H12S5/c1-3-13(21-11-1)15-5-7-17(23-15)19-9-10-20(25-19)18-8-6-16(24-18)14-4-2-12-22-14/h1-12H. The van der Waals surface area contributed by atoms with E-state index in [9.17, 15) is 0 Å². The second kappa shape index (κ2) is 6.67. The van der Waals surface area contributed by atoms with Crippen LogP contribution >= 0.6 is 56.7 Å². The summed E-state index contributed by atoms with van der Waals surface area (Å²) in [4.78, 5) is 10.8. The lowest BCUT2D eigenvalue weighted by molar-refractivity contribution is 1.89. The van der Waals surface area contributed by atoms with Gasteiger partial charge < -0.3 is 0 Å². The summed E-state index contributed by atoms with van der Waals surface area (Å²) in [6.07, 6.45) is 0. The fraction of sp³-hybridized carbons (Fsp3) is 0. The van der Waals surface area contributed by atoms with Crippen LogP contribution in [0.1, 0.15) is 0 Å². The Kier molecular flexibility index (Phi) is 4.19. The molecule has 0 aliphatic carbocycles. The third kappa shape index (κ3) is 3.07. The van der Waals surface area contributed by atoms with E-state index in [1.807, 2.05) is 34.0 Å². The van der Waals surface area contributed by atoms with Gasteiger partial charge in [0.25, 0.3) is 0 Å². The van der Waals surface area contributed by atoms with Gasteiger partial charge in [-0.1, -0.05) is 12.1 Å². The second-order valence-electron chi connectivity index (χ2n) is 5.45. The van der Waals surface area contributed by atoms with Crippen molar-refractivity contribution in [3.05, 3.63) is 71.4 Å². The van der Waals surface area contributed by atoms with E-state index >= 15 is 0 Å². The normalized spacial score (nSPS) is 11.2. The van der Waals surface area contributed by atoms with Gasteiger partial charge in [-0.05, 0) is 59.3 Å². The molecule has 0 aliphatic rings. The Bertz CT molecular complexity index is 1000. The minimum absolute atomic E-state index is 1.35. The Balaban J connectivity index is 1.44. The molecule has 5 heteroatoms. The average molecular weight is 413 g/mol. The predicted octanol–water partition coefficient (Wildman–Crippen LogP) is 8.66. The van der Waals surface area contributed by atoms with Crippen molar-refractivity contribution >= 4 is 56.7 Å². The monoisotopic (exact) mass is 412 g/mol. The summed E-state index contributed by atoms with van der Waals surface area (Å²) in [6.45, 7) is 0. The fourth-order valence-corrected chi connectivity index (χ4v) is 7.51. The summed E-state index contributed by atoms with van der Waals surface area (Å²) < 4.78 is 0. The molecule has 5 aromatic heterocycles. The molecule has 5 aromatic rings. The highest BCUT2D eigenvalue weighted by atomic mass is 32.1. The SMILES string of the molecule is c1csc(-c2ccc(-c3ccc(-c4ccc(-c5cccs5)s4)s3)s2)c1. The molecule has 0 radical (unpaired) electrons. The van der Waals surface area contributed by atoms with Crippen molar-refractivity contribution in [2.24, 2.45) is 0 Å². The van der Waals surface area contributed by atoms with E-state index in [0.717, 1.165) is 0 Å². The maximum absolute atomic E-state index is 2.26. The van der Waals surface area contributed by atoms with Gasteiger partial charge in [0.15, 0.2) is 0 Å². The summed E-state index contributed by atoms with van der Waals surface area (Å²) >= 11 is 9.26. The van der Waals surface area contributed by atoms with E-state index in [-0.39, 0.29) is 0 Å². The predicted molar refractivity (Wildman–Crippen MR) is 118 cm³/mol. The van der Waals surface area contributed by atoms with Crippen LogP contribution in [0.25, 0.3) is 39.0 Å². The van der Waals surface area contributed by atoms with Crippen molar-refractivity contribution in [1.82, 2.24) is 0 Å². The molecule has 0 saturated carbocycles. The summed E-state index contributed by atoms with van der Waals surface area (Å²) in [5.41, 5.74) is 0. The average Bonchev–Trinajstić information content (AvgIpc) is 3.48. The zero-order chi connectivity index (χ0) is 16.6. The van der Waals surface area contributed by atoms with Crippen LogP contribution in [0.2, 0.25) is 0 Å². The van der Waals surface area contributed by atoms with Crippen LogP contribution < -0.4 is 0 Å². The van der Waals surface area contributed by atoms with Gasteiger partial charge in [0, 0.05) is 39.0 Å². The van der Waals surface area contributed by atoms with Crippen molar-refractivity contribution in [2.75, 3.05) is 0 Å². The molecule has 0 nitrogen and oxygen atoms in total. The van der Waals surface area contributed by atoms with Crippen molar-refractivity contribution in [3.63, 3.8) is 0 Å². The molecule has 122 valence electrons. The van der Waals surface area contributed by atoms with E-state index in [0.29, 0.717) is 0 Å². The van der Waals surface area contributed by atoms with Gasteiger partial charge in [0.1, 0.15) is 0 Å². The Morgan fingerprint density at radius 3 is 0.960 bits per heavy atom. The second-order valence-corrected chi connectivity index (χ2v) is 10.6. The number of hydrogen-bond acceptors (Lipinski definition) is 5. The van der Waals surface area contributed by atoms with Gasteiger partial charge in [-0.2, -0.15) is 0 Å². The van der Waals surface area contributed by atoms with E-state index in [1.165, 1.54) is 39.0 Å². The lowest BCUT2D eigenvalue weighted by Crippen LogP contribution is -1.58. The van der Waals surface area contributed by atoms with Crippen LogP contribution in [0.4, 0.5) is 0 Å². The largest absolute Gasteiger partial charge is 0.143 e.